The summed E-state index contributed by atoms with van der Waals surface area (Å²) in [5, 5.41) is 0. The maximum atomic E-state index is 11.0. The van der Waals surface area contributed by atoms with Crippen LogP contribution in [0, 0.1) is 11.8 Å². The van der Waals surface area contributed by atoms with Gasteiger partial charge in [0.05, 0.1) is 6.61 Å². The molecule has 0 saturated heterocycles. The van der Waals surface area contributed by atoms with E-state index in [1.807, 2.05) is 13.8 Å². The standard InChI is InChI=1S/C11H22O3/c1-9(2)5-6-13-8-11(12)14-7-10(3)4/h9-10H,5-8H2,1-4H3. The predicted octanol–water partition coefficient (Wildman–Crippen LogP) is 2.25. The van der Waals surface area contributed by atoms with Gasteiger partial charge in [0, 0.05) is 6.61 Å². The fraction of sp³-hybridized carbons (Fsp3) is 0.909. The number of hydrogen-bond acceptors (Lipinski definition) is 3. The van der Waals surface area contributed by atoms with E-state index >= 15 is 0 Å². The quantitative estimate of drug-likeness (QED) is 0.469. The third-order valence-corrected chi connectivity index (χ3v) is 1.64. The SMILES string of the molecule is CC(C)CCOCC(=O)OCC(C)C. The molecular formula is C11H22O3. The molecule has 0 spiro atoms. The lowest BCUT2D eigenvalue weighted by Gasteiger charge is -2.08. The molecule has 84 valence electrons. The fourth-order valence-electron chi connectivity index (χ4n) is 0.776. The van der Waals surface area contributed by atoms with Gasteiger partial charge in [-0.05, 0) is 18.3 Å². The van der Waals surface area contributed by atoms with E-state index in [0.29, 0.717) is 25.0 Å². The van der Waals surface area contributed by atoms with Gasteiger partial charge in [0.2, 0.25) is 0 Å². The van der Waals surface area contributed by atoms with E-state index in [4.69, 9.17) is 9.47 Å². The second-order valence-electron chi connectivity index (χ2n) is 4.31. The number of hydrogen-bond donors (Lipinski definition) is 0. The van der Waals surface area contributed by atoms with Gasteiger partial charge in [0.25, 0.3) is 0 Å². The minimum absolute atomic E-state index is 0.0828. The number of esters is 1. The Bertz CT molecular complexity index is 153. The normalized spacial score (nSPS) is 11.0. The van der Waals surface area contributed by atoms with E-state index in [1.165, 1.54) is 0 Å². The fourth-order valence-corrected chi connectivity index (χ4v) is 0.776. The van der Waals surface area contributed by atoms with Crippen LogP contribution in [0.3, 0.4) is 0 Å². The van der Waals surface area contributed by atoms with E-state index < -0.39 is 0 Å². The minimum atomic E-state index is -0.262. The van der Waals surface area contributed by atoms with Gasteiger partial charge in [-0.3, -0.25) is 0 Å². The molecule has 3 nitrogen and oxygen atoms in total. The van der Waals surface area contributed by atoms with E-state index in [2.05, 4.69) is 13.8 Å². The van der Waals surface area contributed by atoms with Crippen LogP contribution in [-0.4, -0.2) is 25.8 Å². The number of rotatable bonds is 7. The molecule has 3 heteroatoms. The molecule has 0 fully saturated rings. The van der Waals surface area contributed by atoms with Crippen molar-refractivity contribution in [3.63, 3.8) is 0 Å². The van der Waals surface area contributed by atoms with Crippen LogP contribution in [-0.2, 0) is 14.3 Å². The highest BCUT2D eigenvalue weighted by Crippen LogP contribution is 1.99. The summed E-state index contributed by atoms with van der Waals surface area (Å²) < 4.78 is 10.1. The van der Waals surface area contributed by atoms with E-state index in [9.17, 15) is 4.79 Å². The van der Waals surface area contributed by atoms with Crippen LogP contribution in [0.5, 0.6) is 0 Å². The van der Waals surface area contributed by atoms with Crippen molar-refractivity contribution >= 4 is 5.97 Å². The van der Waals surface area contributed by atoms with Gasteiger partial charge in [0.15, 0.2) is 0 Å². The highest BCUT2D eigenvalue weighted by atomic mass is 16.6. The zero-order valence-corrected chi connectivity index (χ0v) is 9.71. The zero-order chi connectivity index (χ0) is 11.0. The summed E-state index contributed by atoms with van der Waals surface area (Å²) in [7, 11) is 0. The van der Waals surface area contributed by atoms with Gasteiger partial charge in [-0.25, -0.2) is 4.79 Å². The van der Waals surface area contributed by atoms with Crippen LogP contribution in [0.2, 0.25) is 0 Å². The Morgan fingerprint density at radius 1 is 1.14 bits per heavy atom. The summed E-state index contributed by atoms with van der Waals surface area (Å²) in [6.45, 7) is 9.46. The molecule has 0 N–H and O–H groups in total. The molecular weight excluding hydrogens is 180 g/mol. The first kappa shape index (κ1) is 13.4. The van der Waals surface area contributed by atoms with Crippen LogP contribution in [0.25, 0.3) is 0 Å². The van der Waals surface area contributed by atoms with Crippen molar-refractivity contribution in [1.82, 2.24) is 0 Å². The Kier molecular flexibility index (Phi) is 7.48. The van der Waals surface area contributed by atoms with Crippen molar-refractivity contribution in [2.24, 2.45) is 11.8 Å². The minimum Gasteiger partial charge on any atom is -0.464 e. The van der Waals surface area contributed by atoms with Gasteiger partial charge in [-0.15, -0.1) is 0 Å². The topological polar surface area (TPSA) is 35.5 Å². The third kappa shape index (κ3) is 9.52. The summed E-state index contributed by atoms with van der Waals surface area (Å²) in [6.07, 6.45) is 0.984. The van der Waals surface area contributed by atoms with Crippen molar-refractivity contribution in [3.8, 4) is 0 Å². The number of carbonyl (C=O) groups is 1. The Morgan fingerprint density at radius 3 is 2.29 bits per heavy atom. The lowest BCUT2D eigenvalue weighted by molar-refractivity contribution is -0.150. The average molecular weight is 202 g/mol. The van der Waals surface area contributed by atoms with Crippen LogP contribution < -0.4 is 0 Å². The maximum Gasteiger partial charge on any atom is 0.332 e. The van der Waals surface area contributed by atoms with Crippen LogP contribution in [0.4, 0.5) is 0 Å². The van der Waals surface area contributed by atoms with Gasteiger partial charge >= 0.3 is 5.97 Å². The Labute approximate surface area is 86.8 Å². The van der Waals surface area contributed by atoms with Gasteiger partial charge in [-0.1, -0.05) is 27.7 Å². The highest BCUT2D eigenvalue weighted by Gasteiger charge is 2.04. The van der Waals surface area contributed by atoms with Gasteiger partial charge in [0.1, 0.15) is 6.61 Å². The molecule has 0 saturated carbocycles. The summed E-state index contributed by atoms with van der Waals surface area (Å²) in [5.74, 6) is 0.735. The zero-order valence-electron chi connectivity index (χ0n) is 9.71. The molecule has 0 aromatic rings. The van der Waals surface area contributed by atoms with Crippen molar-refractivity contribution in [2.45, 2.75) is 34.1 Å². The molecule has 0 heterocycles. The summed E-state index contributed by atoms with van der Waals surface area (Å²) in [6, 6.07) is 0. The van der Waals surface area contributed by atoms with Crippen molar-refractivity contribution in [1.29, 1.82) is 0 Å². The van der Waals surface area contributed by atoms with Gasteiger partial charge < -0.3 is 9.47 Å². The highest BCUT2D eigenvalue weighted by molar-refractivity contribution is 5.70. The lowest BCUT2D eigenvalue weighted by Crippen LogP contribution is -2.16. The molecule has 0 atom stereocenters. The number of carbonyl (C=O) groups excluding carboxylic acids is 1. The lowest BCUT2D eigenvalue weighted by atomic mass is 10.1. The second-order valence-corrected chi connectivity index (χ2v) is 4.31. The Balaban J connectivity index is 3.27. The first-order chi connectivity index (χ1) is 6.52. The molecule has 0 unspecified atom stereocenters. The molecule has 14 heavy (non-hydrogen) atoms. The largest absolute Gasteiger partial charge is 0.464 e. The molecule has 0 aliphatic heterocycles. The maximum absolute atomic E-state index is 11.0. The first-order valence-electron chi connectivity index (χ1n) is 5.25. The molecule has 0 aliphatic carbocycles. The van der Waals surface area contributed by atoms with E-state index in [-0.39, 0.29) is 12.6 Å². The Morgan fingerprint density at radius 2 is 1.79 bits per heavy atom. The average Bonchev–Trinajstić information content (AvgIpc) is 2.08. The summed E-state index contributed by atoms with van der Waals surface area (Å²) in [4.78, 5) is 11.0. The van der Waals surface area contributed by atoms with E-state index in [1.54, 1.807) is 0 Å². The molecule has 0 aliphatic rings. The number of ether oxygens (including phenoxy) is 2. The first-order valence-corrected chi connectivity index (χ1v) is 5.25. The molecule has 0 radical (unpaired) electrons. The van der Waals surface area contributed by atoms with Crippen molar-refractivity contribution < 1.29 is 14.3 Å². The van der Waals surface area contributed by atoms with Crippen LogP contribution >= 0.6 is 0 Å². The second kappa shape index (κ2) is 7.80. The molecule has 0 rings (SSSR count). The molecule has 0 aromatic carbocycles. The van der Waals surface area contributed by atoms with Crippen LogP contribution in [0.15, 0.2) is 0 Å². The van der Waals surface area contributed by atoms with Crippen LogP contribution in [0.1, 0.15) is 34.1 Å². The summed E-state index contributed by atoms with van der Waals surface area (Å²) >= 11 is 0. The van der Waals surface area contributed by atoms with Crippen molar-refractivity contribution in [3.05, 3.63) is 0 Å². The monoisotopic (exact) mass is 202 g/mol. The van der Waals surface area contributed by atoms with Crippen molar-refractivity contribution in [2.75, 3.05) is 19.8 Å². The summed E-state index contributed by atoms with van der Waals surface area (Å²) in [5.41, 5.74) is 0. The molecule has 0 aromatic heterocycles. The van der Waals surface area contributed by atoms with E-state index in [0.717, 1.165) is 6.42 Å². The van der Waals surface area contributed by atoms with Gasteiger partial charge in [-0.2, -0.15) is 0 Å². The Hall–Kier alpha value is -0.570. The molecule has 0 bridgehead atoms. The smallest absolute Gasteiger partial charge is 0.332 e. The molecule has 0 amide bonds. The predicted molar refractivity (Wildman–Crippen MR) is 56.1 cm³/mol. The third-order valence-electron chi connectivity index (χ3n) is 1.64.